The van der Waals surface area contributed by atoms with E-state index >= 15 is 0 Å². The van der Waals surface area contributed by atoms with Gasteiger partial charge in [-0.25, -0.2) is 0 Å². The average molecular weight is 240 g/mol. The first-order valence-corrected chi connectivity index (χ1v) is 6.71. The maximum Gasteiger partial charge on any atom is 0.242 e. The molecule has 4 atom stereocenters. The number of nitrogens with zero attached hydrogens (tertiary/aromatic N) is 1. The summed E-state index contributed by atoms with van der Waals surface area (Å²) in [6.07, 6.45) is 1.22. The van der Waals surface area contributed by atoms with Crippen LogP contribution in [0.5, 0.6) is 0 Å². The normalized spacial score (nSPS) is 39.1. The molecule has 2 aliphatic rings. The molecule has 2 aliphatic heterocycles. The first-order chi connectivity index (χ1) is 8.08. The standard InChI is InChI=1S/C13H24N2O2/c1-9-6-10(2)8-15(7-9)13(16)12-11(3)17-5-4-14-12/h9-12,14H,4-8H2,1-3H3/t9?,10?,11-,12+/m1/s1. The highest BCUT2D eigenvalue weighted by Gasteiger charge is 2.34. The highest BCUT2D eigenvalue weighted by atomic mass is 16.5. The fourth-order valence-corrected chi connectivity index (χ4v) is 3.05. The van der Waals surface area contributed by atoms with E-state index in [9.17, 15) is 4.79 Å². The molecule has 0 spiro atoms. The summed E-state index contributed by atoms with van der Waals surface area (Å²) in [6, 6.07) is -0.152. The second-order valence-corrected chi connectivity index (χ2v) is 5.70. The van der Waals surface area contributed by atoms with Crippen molar-refractivity contribution in [2.24, 2.45) is 11.8 Å². The van der Waals surface area contributed by atoms with Crippen LogP contribution in [0.4, 0.5) is 0 Å². The zero-order valence-corrected chi connectivity index (χ0v) is 11.1. The van der Waals surface area contributed by atoms with Crippen LogP contribution in [0.25, 0.3) is 0 Å². The Morgan fingerprint density at radius 2 is 1.88 bits per heavy atom. The molecule has 0 aliphatic carbocycles. The predicted molar refractivity (Wildman–Crippen MR) is 66.7 cm³/mol. The van der Waals surface area contributed by atoms with Crippen molar-refractivity contribution in [1.82, 2.24) is 10.2 Å². The van der Waals surface area contributed by atoms with Gasteiger partial charge >= 0.3 is 0 Å². The van der Waals surface area contributed by atoms with Crippen molar-refractivity contribution in [3.8, 4) is 0 Å². The van der Waals surface area contributed by atoms with Gasteiger partial charge in [0.05, 0.1) is 12.7 Å². The number of amides is 1. The highest BCUT2D eigenvalue weighted by Crippen LogP contribution is 2.22. The number of carbonyl (C=O) groups excluding carboxylic acids is 1. The molecule has 4 heteroatoms. The molecule has 0 aromatic carbocycles. The Hall–Kier alpha value is -0.610. The molecule has 98 valence electrons. The zero-order chi connectivity index (χ0) is 12.4. The van der Waals surface area contributed by atoms with Gasteiger partial charge in [-0.2, -0.15) is 0 Å². The minimum atomic E-state index is -0.152. The lowest BCUT2D eigenvalue weighted by Crippen LogP contribution is -2.58. The molecule has 2 fully saturated rings. The number of carbonyl (C=O) groups is 1. The van der Waals surface area contributed by atoms with E-state index < -0.39 is 0 Å². The van der Waals surface area contributed by atoms with Gasteiger partial charge in [-0.3, -0.25) is 4.79 Å². The van der Waals surface area contributed by atoms with Gasteiger partial charge in [0, 0.05) is 19.6 Å². The SMILES string of the molecule is CC1CC(C)CN(C(=O)[C@H]2NCCO[C@@H]2C)C1. The summed E-state index contributed by atoms with van der Waals surface area (Å²) in [5.74, 6) is 1.45. The monoisotopic (exact) mass is 240 g/mol. The van der Waals surface area contributed by atoms with Crippen molar-refractivity contribution in [1.29, 1.82) is 0 Å². The molecular formula is C13H24N2O2. The molecule has 0 saturated carbocycles. The van der Waals surface area contributed by atoms with Gasteiger partial charge in [0.1, 0.15) is 6.04 Å². The molecule has 2 rings (SSSR count). The smallest absolute Gasteiger partial charge is 0.242 e. The molecule has 0 aromatic heterocycles. The van der Waals surface area contributed by atoms with Crippen molar-refractivity contribution >= 4 is 5.91 Å². The third-order valence-corrected chi connectivity index (χ3v) is 3.76. The lowest BCUT2D eigenvalue weighted by molar-refractivity contribution is -0.142. The van der Waals surface area contributed by atoms with Crippen LogP contribution < -0.4 is 5.32 Å². The zero-order valence-electron chi connectivity index (χ0n) is 11.1. The largest absolute Gasteiger partial charge is 0.375 e. The van der Waals surface area contributed by atoms with Crippen LogP contribution in [0, 0.1) is 11.8 Å². The van der Waals surface area contributed by atoms with Crippen molar-refractivity contribution < 1.29 is 9.53 Å². The summed E-state index contributed by atoms with van der Waals surface area (Å²) in [7, 11) is 0. The summed E-state index contributed by atoms with van der Waals surface area (Å²) in [5, 5.41) is 3.28. The van der Waals surface area contributed by atoms with E-state index in [1.165, 1.54) is 6.42 Å². The third kappa shape index (κ3) is 2.99. The first-order valence-electron chi connectivity index (χ1n) is 6.71. The Bertz CT molecular complexity index is 273. The molecule has 4 nitrogen and oxygen atoms in total. The molecular weight excluding hydrogens is 216 g/mol. The summed E-state index contributed by atoms with van der Waals surface area (Å²) >= 11 is 0. The number of likely N-dealkylation sites (tertiary alicyclic amines) is 1. The molecule has 2 unspecified atom stereocenters. The highest BCUT2D eigenvalue weighted by molar-refractivity contribution is 5.82. The molecule has 1 amide bonds. The van der Waals surface area contributed by atoms with E-state index in [0.717, 1.165) is 19.6 Å². The van der Waals surface area contributed by atoms with Gasteiger partial charge < -0.3 is 15.0 Å². The Morgan fingerprint density at radius 3 is 2.47 bits per heavy atom. The van der Waals surface area contributed by atoms with Crippen molar-refractivity contribution in [3.05, 3.63) is 0 Å². The Balaban J connectivity index is 1.98. The van der Waals surface area contributed by atoms with Crippen molar-refractivity contribution in [2.75, 3.05) is 26.2 Å². The van der Waals surface area contributed by atoms with E-state index in [0.29, 0.717) is 18.4 Å². The van der Waals surface area contributed by atoms with Crippen LogP contribution >= 0.6 is 0 Å². The summed E-state index contributed by atoms with van der Waals surface area (Å²) in [6.45, 7) is 9.71. The van der Waals surface area contributed by atoms with Crippen LogP contribution in [-0.2, 0) is 9.53 Å². The Morgan fingerprint density at radius 1 is 1.24 bits per heavy atom. The fourth-order valence-electron chi connectivity index (χ4n) is 3.05. The second-order valence-electron chi connectivity index (χ2n) is 5.70. The fraction of sp³-hybridized carbons (Fsp3) is 0.923. The van der Waals surface area contributed by atoms with Gasteiger partial charge in [-0.1, -0.05) is 13.8 Å². The van der Waals surface area contributed by atoms with Crippen LogP contribution in [0.3, 0.4) is 0 Å². The van der Waals surface area contributed by atoms with Crippen LogP contribution in [0.15, 0.2) is 0 Å². The Labute approximate surface area is 104 Å². The number of piperidine rings is 1. The number of hydrogen-bond acceptors (Lipinski definition) is 3. The molecule has 17 heavy (non-hydrogen) atoms. The quantitative estimate of drug-likeness (QED) is 0.739. The number of rotatable bonds is 1. The molecule has 0 aromatic rings. The maximum absolute atomic E-state index is 12.4. The van der Waals surface area contributed by atoms with Gasteiger partial charge in [-0.05, 0) is 25.2 Å². The lowest BCUT2D eigenvalue weighted by Gasteiger charge is -2.39. The Kier molecular flexibility index (Phi) is 4.05. The van der Waals surface area contributed by atoms with E-state index in [2.05, 4.69) is 19.2 Å². The van der Waals surface area contributed by atoms with E-state index in [4.69, 9.17) is 4.74 Å². The number of ether oxygens (including phenoxy) is 1. The van der Waals surface area contributed by atoms with Crippen LogP contribution in [0.2, 0.25) is 0 Å². The second kappa shape index (κ2) is 5.36. The maximum atomic E-state index is 12.4. The van der Waals surface area contributed by atoms with E-state index in [1.807, 2.05) is 11.8 Å². The average Bonchev–Trinajstić information content (AvgIpc) is 2.27. The van der Waals surface area contributed by atoms with E-state index in [-0.39, 0.29) is 18.1 Å². The van der Waals surface area contributed by atoms with Gasteiger partial charge in [0.15, 0.2) is 0 Å². The summed E-state index contributed by atoms with van der Waals surface area (Å²) in [5.41, 5.74) is 0. The molecule has 2 saturated heterocycles. The number of morpholine rings is 1. The van der Waals surface area contributed by atoms with Crippen molar-refractivity contribution in [3.63, 3.8) is 0 Å². The van der Waals surface area contributed by atoms with E-state index in [1.54, 1.807) is 0 Å². The lowest BCUT2D eigenvalue weighted by atomic mass is 9.91. The molecule has 1 N–H and O–H groups in total. The number of hydrogen-bond donors (Lipinski definition) is 1. The third-order valence-electron chi connectivity index (χ3n) is 3.76. The topological polar surface area (TPSA) is 41.6 Å². The van der Waals surface area contributed by atoms with Crippen molar-refractivity contribution in [2.45, 2.75) is 39.3 Å². The van der Waals surface area contributed by atoms with Gasteiger partial charge in [0.25, 0.3) is 0 Å². The predicted octanol–water partition coefficient (Wildman–Crippen LogP) is 0.868. The van der Waals surface area contributed by atoms with Gasteiger partial charge in [-0.15, -0.1) is 0 Å². The molecule has 0 bridgehead atoms. The minimum Gasteiger partial charge on any atom is -0.375 e. The van der Waals surface area contributed by atoms with Gasteiger partial charge in [0.2, 0.25) is 5.91 Å². The van der Waals surface area contributed by atoms with Crippen LogP contribution in [-0.4, -0.2) is 49.2 Å². The summed E-state index contributed by atoms with van der Waals surface area (Å²) in [4.78, 5) is 14.5. The number of nitrogens with one attached hydrogen (secondary N) is 1. The minimum absolute atomic E-state index is 0.0104. The molecule has 0 radical (unpaired) electrons. The first kappa shape index (κ1) is 12.8. The van der Waals surface area contributed by atoms with Crippen LogP contribution in [0.1, 0.15) is 27.2 Å². The molecule has 2 heterocycles. The summed E-state index contributed by atoms with van der Waals surface area (Å²) < 4.78 is 5.55.